The summed E-state index contributed by atoms with van der Waals surface area (Å²) in [6, 6.07) is 3.20. The Morgan fingerprint density at radius 3 is 2.48 bits per heavy atom. The summed E-state index contributed by atoms with van der Waals surface area (Å²) in [6.45, 7) is 8.23. The Kier molecular flexibility index (Phi) is 6.31. The molecule has 0 aliphatic rings. The molecule has 0 unspecified atom stereocenters. The van der Waals surface area contributed by atoms with Crippen molar-refractivity contribution < 1.29 is 12.8 Å². The Hall–Kier alpha value is -0.980. The summed E-state index contributed by atoms with van der Waals surface area (Å²) in [4.78, 5) is 0.0546. The number of benzene rings is 1. The fraction of sp³-hybridized carbons (Fsp3) is 0.600. The van der Waals surface area contributed by atoms with Gasteiger partial charge in [0.15, 0.2) is 0 Å². The molecule has 1 rings (SSSR count). The minimum atomic E-state index is -3.65. The Morgan fingerprint density at radius 2 is 1.95 bits per heavy atom. The first-order chi connectivity index (χ1) is 9.70. The monoisotopic (exact) mass is 316 g/mol. The van der Waals surface area contributed by atoms with Crippen LogP contribution in [0.3, 0.4) is 0 Å². The largest absolute Gasteiger partial charge is 0.310 e. The van der Waals surface area contributed by atoms with Gasteiger partial charge in [0.25, 0.3) is 0 Å². The number of rotatable bonds is 7. The van der Waals surface area contributed by atoms with Crippen molar-refractivity contribution in [3.63, 3.8) is 0 Å². The second kappa shape index (κ2) is 7.33. The third kappa shape index (κ3) is 4.49. The first-order valence-electron chi connectivity index (χ1n) is 7.18. The van der Waals surface area contributed by atoms with Gasteiger partial charge < -0.3 is 5.32 Å². The summed E-state index contributed by atoms with van der Waals surface area (Å²) < 4.78 is 40.4. The molecule has 0 atom stereocenters. The van der Waals surface area contributed by atoms with Gasteiger partial charge >= 0.3 is 0 Å². The van der Waals surface area contributed by atoms with Crippen LogP contribution in [0, 0.1) is 12.7 Å². The Balaban J connectivity index is 3.22. The van der Waals surface area contributed by atoms with Crippen LogP contribution >= 0.6 is 0 Å². The molecule has 0 spiro atoms. The molecule has 1 aromatic carbocycles. The SMILES string of the molecule is CCCN(C)S(=O)(=O)c1cc(CNC(C)C)cc(F)c1C. The van der Waals surface area contributed by atoms with Crippen molar-refractivity contribution in [3.05, 3.63) is 29.1 Å². The van der Waals surface area contributed by atoms with Crippen molar-refractivity contribution >= 4 is 10.0 Å². The van der Waals surface area contributed by atoms with E-state index in [1.165, 1.54) is 24.3 Å². The van der Waals surface area contributed by atoms with Crippen molar-refractivity contribution in [2.75, 3.05) is 13.6 Å². The van der Waals surface area contributed by atoms with Crippen molar-refractivity contribution in [2.45, 2.75) is 51.6 Å². The van der Waals surface area contributed by atoms with E-state index in [1.54, 1.807) is 6.07 Å². The summed E-state index contributed by atoms with van der Waals surface area (Å²) in [6.07, 6.45) is 0.714. The highest BCUT2D eigenvalue weighted by Crippen LogP contribution is 2.23. The number of hydrogen-bond acceptors (Lipinski definition) is 3. The van der Waals surface area contributed by atoms with E-state index in [1.807, 2.05) is 20.8 Å². The Bertz CT molecular complexity index is 586. The Labute approximate surface area is 127 Å². The number of sulfonamides is 1. The van der Waals surface area contributed by atoms with Crippen LogP contribution in [0.4, 0.5) is 4.39 Å². The lowest BCUT2D eigenvalue weighted by atomic mass is 10.1. The van der Waals surface area contributed by atoms with Crippen molar-refractivity contribution in [3.8, 4) is 0 Å². The third-order valence-corrected chi connectivity index (χ3v) is 5.28. The lowest BCUT2D eigenvalue weighted by Crippen LogP contribution is -2.29. The van der Waals surface area contributed by atoms with Gasteiger partial charge in [-0.15, -0.1) is 0 Å². The lowest BCUT2D eigenvalue weighted by Gasteiger charge is -2.19. The van der Waals surface area contributed by atoms with Gasteiger partial charge in [-0.3, -0.25) is 0 Å². The molecule has 0 heterocycles. The highest BCUT2D eigenvalue weighted by atomic mass is 32.2. The maximum Gasteiger partial charge on any atom is 0.243 e. The molecule has 0 aliphatic heterocycles. The van der Waals surface area contributed by atoms with Crippen LogP contribution in [0.15, 0.2) is 17.0 Å². The van der Waals surface area contributed by atoms with E-state index in [4.69, 9.17) is 0 Å². The maximum atomic E-state index is 14.0. The maximum absolute atomic E-state index is 14.0. The van der Waals surface area contributed by atoms with Crippen LogP contribution in [0.25, 0.3) is 0 Å². The normalized spacial score (nSPS) is 12.4. The molecule has 0 bridgehead atoms. The van der Waals surface area contributed by atoms with Crippen LogP contribution in [0.5, 0.6) is 0 Å². The first-order valence-corrected chi connectivity index (χ1v) is 8.62. The fourth-order valence-electron chi connectivity index (χ4n) is 2.00. The molecule has 0 aromatic heterocycles. The standard InChI is InChI=1S/C15H25FN2O2S/c1-6-7-18(5)21(19,20)15-9-13(10-17-11(2)3)8-14(16)12(15)4/h8-9,11,17H,6-7,10H2,1-5H3. The van der Waals surface area contributed by atoms with E-state index in [2.05, 4.69) is 5.32 Å². The molecule has 120 valence electrons. The van der Waals surface area contributed by atoms with Gasteiger partial charge in [-0.1, -0.05) is 20.8 Å². The molecule has 0 amide bonds. The molecule has 1 N–H and O–H groups in total. The average molecular weight is 316 g/mol. The molecule has 0 aliphatic carbocycles. The van der Waals surface area contributed by atoms with Crippen LogP contribution in [-0.2, 0) is 16.6 Å². The highest BCUT2D eigenvalue weighted by Gasteiger charge is 2.24. The van der Waals surface area contributed by atoms with Gasteiger partial charge in [-0.25, -0.2) is 17.1 Å². The van der Waals surface area contributed by atoms with Crippen LogP contribution in [0.1, 0.15) is 38.3 Å². The van der Waals surface area contributed by atoms with E-state index in [0.717, 1.165) is 0 Å². The van der Waals surface area contributed by atoms with E-state index in [0.29, 0.717) is 25.1 Å². The predicted octanol–water partition coefficient (Wildman–Crippen LogP) is 2.66. The predicted molar refractivity (Wildman–Crippen MR) is 83.2 cm³/mol. The molecular weight excluding hydrogens is 291 g/mol. The zero-order valence-electron chi connectivity index (χ0n) is 13.4. The van der Waals surface area contributed by atoms with E-state index >= 15 is 0 Å². The van der Waals surface area contributed by atoms with Gasteiger partial charge in [-0.05, 0) is 31.0 Å². The van der Waals surface area contributed by atoms with E-state index < -0.39 is 15.8 Å². The van der Waals surface area contributed by atoms with Crippen LogP contribution in [0.2, 0.25) is 0 Å². The summed E-state index contributed by atoms with van der Waals surface area (Å²) in [5, 5.41) is 3.17. The fourth-order valence-corrected chi connectivity index (χ4v) is 3.55. The van der Waals surface area contributed by atoms with Crippen molar-refractivity contribution in [1.29, 1.82) is 0 Å². The minimum Gasteiger partial charge on any atom is -0.310 e. The number of halogens is 1. The zero-order chi connectivity index (χ0) is 16.2. The molecule has 6 heteroatoms. The highest BCUT2D eigenvalue weighted by molar-refractivity contribution is 7.89. The average Bonchev–Trinajstić information content (AvgIpc) is 2.39. The number of nitrogens with zero attached hydrogens (tertiary/aromatic N) is 1. The topological polar surface area (TPSA) is 49.4 Å². The second-order valence-corrected chi connectivity index (χ2v) is 7.58. The van der Waals surface area contributed by atoms with Crippen LogP contribution < -0.4 is 5.32 Å². The Morgan fingerprint density at radius 1 is 1.33 bits per heavy atom. The smallest absolute Gasteiger partial charge is 0.243 e. The van der Waals surface area contributed by atoms with E-state index in [9.17, 15) is 12.8 Å². The van der Waals surface area contributed by atoms with E-state index in [-0.39, 0.29) is 16.5 Å². The van der Waals surface area contributed by atoms with Crippen molar-refractivity contribution in [1.82, 2.24) is 9.62 Å². The molecule has 21 heavy (non-hydrogen) atoms. The van der Waals surface area contributed by atoms with Gasteiger partial charge in [0.1, 0.15) is 5.82 Å². The quantitative estimate of drug-likeness (QED) is 0.841. The van der Waals surface area contributed by atoms with Crippen LogP contribution in [-0.4, -0.2) is 32.4 Å². The van der Waals surface area contributed by atoms with Gasteiger partial charge in [0.2, 0.25) is 10.0 Å². The van der Waals surface area contributed by atoms with Crippen molar-refractivity contribution in [2.24, 2.45) is 0 Å². The summed E-state index contributed by atoms with van der Waals surface area (Å²) >= 11 is 0. The van der Waals surface area contributed by atoms with Gasteiger partial charge in [-0.2, -0.15) is 0 Å². The molecule has 0 saturated heterocycles. The third-order valence-electron chi connectivity index (χ3n) is 3.30. The molecule has 4 nitrogen and oxygen atoms in total. The molecule has 0 radical (unpaired) electrons. The number of nitrogens with one attached hydrogen (secondary N) is 1. The molecule has 0 fully saturated rings. The molecule has 1 aromatic rings. The number of hydrogen-bond donors (Lipinski definition) is 1. The summed E-state index contributed by atoms with van der Waals surface area (Å²) in [7, 11) is -2.13. The molecule has 0 saturated carbocycles. The summed E-state index contributed by atoms with van der Waals surface area (Å²) in [5.41, 5.74) is 0.807. The first kappa shape index (κ1) is 18.1. The zero-order valence-corrected chi connectivity index (χ0v) is 14.2. The lowest BCUT2D eigenvalue weighted by molar-refractivity contribution is 0.466. The van der Waals surface area contributed by atoms with Gasteiger partial charge in [0.05, 0.1) is 4.90 Å². The second-order valence-electron chi connectivity index (χ2n) is 5.56. The summed E-state index contributed by atoms with van der Waals surface area (Å²) in [5.74, 6) is -0.485. The molecular formula is C15H25FN2O2S. The van der Waals surface area contributed by atoms with Gasteiger partial charge in [0, 0.05) is 31.7 Å². The minimum absolute atomic E-state index is 0.0546.